The first kappa shape index (κ1) is 20.1. The van der Waals surface area contributed by atoms with Crippen LogP contribution in [0.1, 0.15) is 41.5 Å². The molecule has 0 atom stereocenters. The minimum Gasteiger partial charge on any atom is -0.493 e. The van der Waals surface area contributed by atoms with Crippen LogP contribution in [-0.4, -0.2) is 6.61 Å². The number of halogens is 1. The van der Waals surface area contributed by atoms with Crippen LogP contribution in [-0.2, 0) is 0 Å². The van der Waals surface area contributed by atoms with Crippen LogP contribution in [0, 0.1) is 5.92 Å². The molecule has 0 N–H and O–H groups in total. The van der Waals surface area contributed by atoms with Crippen molar-refractivity contribution in [3.05, 3.63) is 36.4 Å². The van der Waals surface area contributed by atoms with Gasteiger partial charge in [0.05, 0.1) is 6.61 Å². The molecule has 0 spiro atoms. The lowest BCUT2D eigenvalue weighted by atomic mass is 10.1. The summed E-state index contributed by atoms with van der Waals surface area (Å²) in [6.45, 7) is 13.0. The van der Waals surface area contributed by atoms with E-state index in [1.807, 2.05) is 39.8 Å². The lowest BCUT2D eigenvalue weighted by Gasteiger charge is -2.09. The van der Waals surface area contributed by atoms with Gasteiger partial charge in [-0.05, 0) is 62.6 Å². The van der Waals surface area contributed by atoms with Crippen molar-refractivity contribution < 1.29 is 4.74 Å². The van der Waals surface area contributed by atoms with Gasteiger partial charge in [-0.3, -0.25) is 0 Å². The van der Waals surface area contributed by atoms with E-state index in [2.05, 4.69) is 38.1 Å². The minimum atomic E-state index is 0.542. The largest absolute Gasteiger partial charge is 0.493 e. The van der Waals surface area contributed by atoms with Crippen molar-refractivity contribution >= 4 is 32.4 Å². The summed E-state index contributed by atoms with van der Waals surface area (Å²) in [4.78, 5) is 1.06. The molecule has 21 heavy (non-hydrogen) atoms. The van der Waals surface area contributed by atoms with Crippen molar-refractivity contribution in [2.45, 2.75) is 46.4 Å². The van der Waals surface area contributed by atoms with E-state index in [0.717, 1.165) is 17.3 Å². The molecule has 2 aromatic rings. The molecule has 1 nitrogen and oxygen atoms in total. The quantitative estimate of drug-likeness (QED) is 0.588. The topological polar surface area (TPSA) is 9.23 Å². The van der Waals surface area contributed by atoms with Gasteiger partial charge in [0.1, 0.15) is 5.75 Å². The van der Waals surface area contributed by atoms with Crippen molar-refractivity contribution in [3.63, 3.8) is 0 Å². The monoisotopic (exact) mass is 326 g/mol. The fraction of sp³-hybridized carbons (Fsp3) is 0.444. The van der Waals surface area contributed by atoms with E-state index in [4.69, 9.17) is 15.4 Å². The van der Waals surface area contributed by atoms with Gasteiger partial charge >= 0.3 is 0 Å². The summed E-state index contributed by atoms with van der Waals surface area (Å²) in [5.41, 5.74) is 0. The highest BCUT2D eigenvalue weighted by molar-refractivity contribution is 8.21. The zero-order chi connectivity index (χ0) is 16.3. The van der Waals surface area contributed by atoms with Gasteiger partial charge in [-0.25, -0.2) is 0 Å². The third-order valence-electron chi connectivity index (χ3n) is 2.46. The molecule has 0 saturated carbocycles. The van der Waals surface area contributed by atoms with Crippen molar-refractivity contribution in [1.82, 2.24) is 0 Å². The summed E-state index contributed by atoms with van der Waals surface area (Å²) in [7, 11) is 6.98. The van der Waals surface area contributed by atoms with E-state index < -0.39 is 0 Å². The Bertz CT molecular complexity index is 512. The van der Waals surface area contributed by atoms with E-state index in [9.17, 15) is 0 Å². The summed E-state index contributed by atoms with van der Waals surface area (Å²) in [6, 6.07) is 12.3. The number of rotatable bonds is 4. The van der Waals surface area contributed by atoms with Gasteiger partial charge in [-0.1, -0.05) is 53.7 Å². The summed E-state index contributed by atoms with van der Waals surface area (Å²) in [5.74, 6) is 1.47. The number of benzene rings is 2. The van der Waals surface area contributed by atoms with Crippen molar-refractivity contribution in [2.24, 2.45) is 5.92 Å². The summed E-state index contributed by atoms with van der Waals surface area (Å²) >= 11 is 0. The number of hydrogen-bond donors (Lipinski definition) is 0. The molecule has 3 heteroatoms. The van der Waals surface area contributed by atoms with E-state index in [0.29, 0.717) is 5.92 Å². The van der Waals surface area contributed by atoms with E-state index in [1.165, 1.54) is 21.7 Å². The highest BCUT2D eigenvalue weighted by Gasteiger charge is 2.00. The third-order valence-corrected chi connectivity index (χ3v) is 3.42. The fourth-order valence-electron chi connectivity index (χ4n) is 1.60. The molecule has 0 aliphatic rings. The molecule has 0 aliphatic heterocycles. The Hall–Kier alpha value is -0.860. The fourth-order valence-corrected chi connectivity index (χ4v) is 2.18. The molecule has 0 heterocycles. The summed E-state index contributed by atoms with van der Waals surface area (Å²) < 4.78 is 5.70. The SMILES string of the molecule is CC.CC.CC(C)COc1ccc2cc(SCl)ccc2c1. The highest BCUT2D eigenvalue weighted by atomic mass is 35.7. The molecule has 0 fully saturated rings. The van der Waals surface area contributed by atoms with Crippen LogP contribution in [0.4, 0.5) is 0 Å². The Kier molecular flexibility index (Phi) is 11.3. The smallest absolute Gasteiger partial charge is 0.119 e. The Morgan fingerprint density at radius 1 is 0.952 bits per heavy atom. The Morgan fingerprint density at radius 2 is 1.52 bits per heavy atom. The normalized spacial score (nSPS) is 9.52. The van der Waals surface area contributed by atoms with Crippen molar-refractivity contribution in [2.75, 3.05) is 6.61 Å². The van der Waals surface area contributed by atoms with Gasteiger partial charge < -0.3 is 4.74 Å². The lowest BCUT2D eigenvalue weighted by Crippen LogP contribution is -2.04. The second kappa shape index (κ2) is 11.8. The van der Waals surface area contributed by atoms with Gasteiger partial charge in [-0.15, -0.1) is 0 Å². The molecule has 0 radical (unpaired) electrons. The maximum Gasteiger partial charge on any atom is 0.119 e. The van der Waals surface area contributed by atoms with Crippen LogP contribution < -0.4 is 4.74 Å². The standard InChI is InChI=1S/C14H15ClOS.2C2H6/c1-10(2)9-16-13-5-3-12-8-14(17-15)6-4-11(12)7-13;2*1-2/h3-8,10H,9H2,1-2H3;2*1-2H3. The maximum atomic E-state index is 5.74. The first-order valence-electron chi connectivity index (χ1n) is 7.64. The van der Waals surface area contributed by atoms with Crippen molar-refractivity contribution in [1.29, 1.82) is 0 Å². The molecule has 0 amide bonds. The number of ether oxygens (including phenoxy) is 1. The van der Waals surface area contributed by atoms with Crippen molar-refractivity contribution in [3.8, 4) is 5.75 Å². The molecule has 0 aliphatic carbocycles. The van der Waals surface area contributed by atoms with Gasteiger partial charge in [0.15, 0.2) is 0 Å². The first-order chi connectivity index (χ1) is 10.2. The molecule has 0 unspecified atom stereocenters. The average molecular weight is 327 g/mol. The molecule has 2 rings (SSSR count). The molecule has 0 bridgehead atoms. The number of fused-ring (bicyclic) bond motifs is 1. The predicted octanol–water partition coefficient (Wildman–Crippen LogP) is 7.17. The Morgan fingerprint density at radius 3 is 2.10 bits per heavy atom. The van der Waals surface area contributed by atoms with Crippen LogP contribution in [0.2, 0.25) is 0 Å². The highest BCUT2D eigenvalue weighted by Crippen LogP contribution is 2.28. The molecular weight excluding hydrogens is 300 g/mol. The van der Waals surface area contributed by atoms with Crippen LogP contribution >= 0.6 is 21.7 Å². The van der Waals surface area contributed by atoms with Crippen LogP contribution in [0.5, 0.6) is 5.75 Å². The van der Waals surface area contributed by atoms with Crippen LogP contribution in [0.25, 0.3) is 10.8 Å². The van der Waals surface area contributed by atoms with Gasteiger partial charge in [0.2, 0.25) is 0 Å². The summed E-state index contributed by atoms with van der Waals surface area (Å²) in [6.07, 6.45) is 0. The third kappa shape index (κ3) is 7.10. The molecule has 2 aromatic carbocycles. The first-order valence-corrected chi connectivity index (χ1v) is 9.28. The number of hydrogen-bond acceptors (Lipinski definition) is 2. The van der Waals surface area contributed by atoms with Gasteiger partial charge in [0, 0.05) is 4.90 Å². The van der Waals surface area contributed by atoms with Crippen LogP contribution in [0.3, 0.4) is 0 Å². The van der Waals surface area contributed by atoms with E-state index in [-0.39, 0.29) is 0 Å². The second-order valence-electron chi connectivity index (χ2n) is 4.45. The molecule has 0 saturated heterocycles. The summed E-state index contributed by atoms with van der Waals surface area (Å²) in [5, 5.41) is 2.37. The Balaban J connectivity index is 0.000000921. The van der Waals surface area contributed by atoms with E-state index in [1.54, 1.807) is 0 Å². The predicted molar refractivity (Wildman–Crippen MR) is 98.7 cm³/mol. The molecule has 118 valence electrons. The van der Waals surface area contributed by atoms with Crippen LogP contribution in [0.15, 0.2) is 41.3 Å². The molecular formula is C18H27ClOS. The maximum absolute atomic E-state index is 5.74. The average Bonchev–Trinajstić information content (AvgIpc) is 2.56. The van der Waals surface area contributed by atoms with E-state index >= 15 is 0 Å². The zero-order valence-corrected chi connectivity index (χ0v) is 15.5. The Labute approximate surface area is 138 Å². The van der Waals surface area contributed by atoms with Gasteiger partial charge in [-0.2, -0.15) is 0 Å². The van der Waals surface area contributed by atoms with Gasteiger partial charge in [0.25, 0.3) is 0 Å². The zero-order valence-electron chi connectivity index (χ0n) is 13.9. The lowest BCUT2D eigenvalue weighted by molar-refractivity contribution is 0.271. The second-order valence-corrected chi connectivity index (χ2v) is 5.54. The minimum absolute atomic E-state index is 0.542. The molecule has 0 aromatic heterocycles.